The van der Waals surface area contributed by atoms with Crippen LogP contribution in [-0.4, -0.2) is 42.8 Å². The molecule has 2 N–H and O–H groups in total. The van der Waals surface area contributed by atoms with Crippen molar-refractivity contribution in [2.24, 2.45) is 0 Å². The molecule has 0 saturated heterocycles. The Bertz CT molecular complexity index is 727. The zero-order valence-corrected chi connectivity index (χ0v) is 15.8. The van der Waals surface area contributed by atoms with Crippen LogP contribution in [0.25, 0.3) is 0 Å². The predicted molar refractivity (Wildman–Crippen MR) is 99.3 cm³/mol. The molecule has 1 aliphatic rings. The molecule has 0 bridgehead atoms. The third-order valence-electron chi connectivity index (χ3n) is 4.24. The number of hydrogen-bond donors (Lipinski definition) is 2. The Balaban J connectivity index is 1.66. The maximum atomic E-state index is 12.2. The lowest BCUT2D eigenvalue weighted by atomic mass is 10.0. The molecule has 2 amide bonds. The molecule has 0 spiro atoms. The number of aryl methyl sites for hydroxylation is 2. The second-order valence-corrected chi connectivity index (χ2v) is 6.92. The van der Waals surface area contributed by atoms with Gasteiger partial charge in [-0.05, 0) is 50.3 Å². The average Bonchev–Trinajstić information content (AvgIpc) is 3.09. The summed E-state index contributed by atoms with van der Waals surface area (Å²) in [5.74, 6) is -1.61. The monoisotopic (exact) mass is 374 g/mol. The molecule has 1 aromatic rings. The Morgan fingerprint density at radius 1 is 1.04 bits per heavy atom. The van der Waals surface area contributed by atoms with Crippen molar-refractivity contribution in [1.82, 2.24) is 10.6 Å². The minimum atomic E-state index is -0.619. The van der Waals surface area contributed by atoms with Crippen LogP contribution < -0.4 is 10.6 Å². The van der Waals surface area contributed by atoms with E-state index in [0.717, 1.165) is 19.3 Å². The van der Waals surface area contributed by atoms with Crippen molar-refractivity contribution in [2.75, 3.05) is 13.2 Å². The van der Waals surface area contributed by atoms with Gasteiger partial charge >= 0.3 is 5.97 Å². The molecule has 0 unspecified atom stereocenters. The van der Waals surface area contributed by atoms with Gasteiger partial charge in [-0.1, -0.05) is 12.1 Å². The van der Waals surface area contributed by atoms with Crippen molar-refractivity contribution in [3.05, 3.63) is 34.9 Å². The standard InChI is InChI=1S/C20H26N2O5/c1-13(2)22-18(24)11-21-19(25)12-27-20(26)9-8-17(23)16-7-6-14-4-3-5-15(14)10-16/h6-7,10,13H,3-5,8-9,11-12H2,1-2H3,(H,21,25)(H,22,24). The number of carbonyl (C=O) groups is 4. The minimum absolute atomic E-state index is 0.0181. The fourth-order valence-corrected chi connectivity index (χ4v) is 2.93. The second-order valence-electron chi connectivity index (χ2n) is 6.92. The Hall–Kier alpha value is -2.70. The van der Waals surface area contributed by atoms with E-state index in [1.165, 1.54) is 11.1 Å². The van der Waals surface area contributed by atoms with Crippen molar-refractivity contribution < 1.29 is 23.9 Å². The van der Waals surface area contributed by atoms with Gasteiger partial charge in [0, 0.05) is 18.0 Å². The van der Waals surface area contributed by atoms with Crippen molar-refractivity contribution in [3.8, 4) is 0 Å². The highest BCUT2D eigenvalue weighted by Crippen LogP contribution is 2.23. The molecule has 146 valence electrons. The van der Waals surface area contributed by atoms with Crippen molar-refractivity contribution in [2.45, 2.75) is 52.0 Å². The van der Waals surface area contributed by atoms with Crippen LogP contribution in [0.2, 0.25) is 0 Å². The molecule has 1 aromatic carbocycles. The van der Waals surface area contributed by atoms with Gasteiger partial charge in [0.25, 0.3) is 5.91 Å². The van der Waals surface area contributed by atoms with E-state index in [0.29, 0.717) is 5.56 Å². The summed E-state index contributed by atoms with van der Waals surface area (Å²) < 4.78 is 4.84. The van der Waals surface area contributed by atoms with Gasteiger partial charge in [-0.15, -0.1) is 0 Å². The van der Waals surface area contributed by atoms with Crippen LogP contribution >= 0.6 is 0 Å². The highest BCUT2D eigenvalue weighted by Gasteiger charge is 2.16. The normalized spacial score (nSPS) is 12.4. The summed E-state index contributed by atoms with van der Waals surface area (Å²) in [4.78, 5) is 46.9. The molecule has 2 rings (SSSR count). The number of fused-ring (bicyclic) bond motifs is 1. The Labute approximate surface area is 158 Å². The van der Waals surface area contributed by atoms with E-state index in [2.05, 4.69) is 10.6 Å². The molecule has 1 aliphatic carbocycles. The number of esters is 1. The van der Waals surface area contributed by atoms with E-state index in [-0.39, 0.29) is 37.1 Å². The second kappa shape index (κ2) is 9.85. The van der Waals surface area contributed by atoms with Gasteiger partial charge < -0.3 is 15.4 Å². The van der Waals surface area contributed by atoms with E-state index in [9.17, 15) is 19.2 Å². The largest absolute Gasteiger partial charge is 0.456 e. The quantitative estimate of drug-likeness (QED) is 0.501. The van der Waals surface area contributed by atoms with Crippen LogP contribution in [0.3, 0.4) is 0 Å². The number of ketones is 1. The number of benzene rings is 1. The van der Waals surface area contributed by atoms with Crippen molar-refractivity contribution in [1.29, 1.82) is 0 Å². The molecule has 0 heterocycles. The van der Waals surface area contributed by atoms with Gasteiger partial charge in [0.05, 0.1) is 13.0 Å². The van der Waals surface area contributed by atoms with Crippen molar-refractivity contribution in [3.63, 3.8) is 0 Å². The molecule has 0 saturated carbocycles. The zero-order chi connectivity index (χ0) is 19.8. The van der Waals surface area contributed by atoms with Crippen LogP contribution in [-0.2, 0) is 32.0 Å². The molecule has 0 aliphatic heterocycles. The number of hydrogen-bond acceptors (Lipinski definition) is 5. The van der Waals surface area contributed by atoms with E-state index in [4.69, 9.17) is 4.74 Å². The summed E-state index contributed by atoms with van der Waals surface area (Å²) in [6.07, 6.45) is 3.10. The van der Waals surface area contributed by atoms with E-state index in [1.807, 2.05) is 26.0 Å². The summed E-state index contributed by atoms with van der Waals surface area (Å²) in [6, 6.07) is 5.67. The fraction of sp³-hybridized carbons (Fsp3) is 0.500. The van der Waals surface area contributed by atoms with Gasteiger partial charge in [-0.3, -0.25) is 19.2 Å². The van der Waals surface area contributed by atoms with Crippen LogP contribution in [0.4, 0.5) is 0 Å². The third-order valence-corrected chi connectivity index (χ3v) is 4.24. The van der Waals surface area contributed by atoms with E-state index < -0.39 is 18.5 Å². The average molecular weight is 374 g/mol. The highest BCUT2D eigenvalue weighted by molar-refractivity contribution is 5.98. The Morgan fingerprint density at radius 3 is 2.52 bits per heavy atom. The first-order valence-corrected chi connectivity index (χ1v) is 9.22. The number of ether oxygens (including phenoxy) is 1. The van der Waals surface area contributed by atoms with Gasteiger partial charge in [-0.2, -0.15) is 0 Å². The Kier molecular flexibility index (Phi) is 7.52. The van der Waals surface area contributed by atoms with Crippen LogP contribution in [0.15, 0.2) is 18.2 Å². The van der Waals surface area contributed by atoms with E-state index >= 15 is 0 Å². The maximum absolute atomic E-state index is 12.2. The molecular formula is C20H26N2O5. The Morgan fingerprint density at radius 2 is 1.78 bits per heavy atom. The summed E-state index contributed by atoms with van der Waals surface area (Å²) in [5.41, 5.74) is 3.11. The molecule has 7 nitrogen and oxygen atoms in total. The number of amides is 2. The molecule has 0 aromatic heterocycles. The lowest BCUT2D eigenvalue weighted by molar-refractivity contribution is -0.148. The highest BCUT2D eigenvalue weighted by atomic mass is 16.5. The first-order valence-electron chi connectivity index (χ1n) is 9.22. The number of Topliss-reactive ketones (excluding diaryl/α,β-unsaturated/α-hetero) is 1. The predicted octanol–water partition coefficient (Wildman–Crippen LogP) is 1.32. The molecule has 0 atom stereocenters. The molecule has 27 heavy (non-hydrogen) atoms. The fourth-order valence-electron chi connectivity index (χ4n) is 2.93. The first kappa shape index (κ1) is 20.6. The topological polar surface area (TPSA) is 102 Å². The van der Waals surface area contributed by atoms with Crippen LogP contribution in [0.1, 0.15) is 54.6 Å². The zero-order valence-electron chi connectivity index (χ0n) is 15.8. The van der Waals surface area contributed by atoms with Gasteiger partial charge in [-0.25, -0.2) is 0 Å². The minimum Gasteiger partial charge on any atom is -0.456 e. The van der Waals surface area contributed by atoms with Crippen LogP contribution in [0.5, 0.6) is 0 Å². The lowest BCUT2D eigenvalue weighted by Crippen LogP contribution is -2.41. The number of carbonyl (C=O) groups excluding carboxylic acids is 4. The summed E-state index contributed by atoms with van der Waals surface area (Å²) in [7, 11) is 0. The lowest BCUT2D eigenvalue weighted by Gasteiger charge is -2.09. The first-order chi connectivity index (χ1) is 12.8. The molecule has 0 fully saturated rings. The molecular weight excluding hydrogens is 348 g/mol. The van der Waals surface area contributed by atoms with E-state index in [1.54, 1.807) is 6.07 Å². The number of nitrogens with one attached hydrogen (secondary N) is 2. The summed E-state index contributed by atoms with van der Waals surface area (Å²) in [5, 5.41) is 4.99. The molecule has 0 radical (unpaired) electrons. The summed E-state index contributed by atoms with van der Waals surface area (Å²) >= 11 is 0. The van der Waals surface area contributed by atoms with Crippen molar-refractivity contribution >= 4 is 23.6 Å². The number of rotatable bonds is 9. The van der Waals surface area contributed by atoms with Gasteiger partial charge in [0.1, 0.15) is 0 Å². The maximum Gasteiger partial charge on any atom is 0.306 e. The molecule has 7 heteroatoms. The third kappa shape index (κ3) is 6.84. The van der Waals surface area contributed by atoms with Gasteiger partial charge in [0.2, 0.25) is 5.91 Å². The summed E-state index contributed by atoms with van der Waals surface area (Å²) in [6.45, 7) is 2.98. The van der Waals surface area contributed by atoms with Gasteiger partial charge in [0.15, 0.2) is 12.4 Å². The SMILES string of the molecule is CC(C)NC(=O)CNC(=O)COC(=O)CCC(=O)c1ccc2c(c1)CCC2. The van der Waals surface area contributed by atoms with Crippen LogP contribution in [0, 0.1) is 0 Å². The smallest absolute Gasteiger partial charge is 0.306 e.